The van der Waals surface area contributed by atoms with Crippen LogP contribution in [0, 0.1) is 0 Å². The maximum atomic E-state index is 11.1. The number of carbonyl (C=O) groups is 1. The Balaban J connectivity index is 2.58. The Morgan fingerprint density at radius 1 is 1.33 bits per heavy atom. The molecule has 2 nitrogen and oxygen atoms in total. The highest BCUT2D eigenvalue weighted by molar-refractivity contribution is 7.19. The fourth-order valence-corrected chi connectivity index (χ4v) is 2.55. The minimum absolute atomic E-state index is 0.783. The third-order valence-corrected chi connectivity index (χ3v) is 4.02. The molecule has 0 fully saturated rings. The molecule has 1 heterocycles. The summed E-state index contributed by atoms with van der Waals surface area (Å²) in [5, 5.41) is 10.2. The Morgan fingerprint density at radius 2 is 2.00 bits per heavy atom. The van der Waals surface area contributed by atoms with E-state index in [1.54, 1.807) is 25.2 Å². The molecule has 1 N–H and O–H groups in total. The zero-order valence-electron chi connectivity index (χ0n) is 8.65. The number of rotatable bonds is 2. The highest BCUT2D eigenvalue weighted by Gasteiger charge is 2.31. The van der Waals surface area contributed by atoms with Gasteiger partial charge in [-0.05, 0) is 31.4 Å². The van der Waals surface area contributed by atoms with Crippen molar-refractivity contribution < 1.29 is 9.90 Å². The lowest BCUT2D eigenvalue weighted by Crippen LogP contribution is -2.27. The fourth-order valence-electron chi connectivity index (χ4n) is 1.40. The molecule has 0 amide bonds. The van der Waals surface area contributed by atoms with Crippen LogP contribution >= 0.6 is 11.3 Å². The van der Waals surface area contributed by atoms with Crippen LogP contribution in [0.15, 0.2) is 30.3 Å². The predicted octanol–water partition coefficient (Wildman–Crippen LogP) is 3.26. The van der Waals surface area contributed by atoms with Crippen molar-refractivity contribution in [1.82, 2.24) is 0 Å². The number of benzene rings is 1. The average molecular weight is 220 g/mol. The summed E-state index contributed by atoms with van der Waals surface area (Å²) in [6.45, 7) is 3.47. The number of hydrogen-bond donors (Lipinski definition) is 1. The minimum atomic E-state index is -0.802. The smallest absolute Gasteiger partial charge is 0.314 e. The first kappa shape index (κ1) is 10.2. The number of hydrogen-bond acceptors (Lipinski definition) is 2. The third-order valence-electron chi connectivity index (χ3n) is 2.58. The molecular formula is C12H12O2S. The fraction of sp³-hybridized carbons (Fsp3) is 0.250. The van der Waals surface area contributed by atoms with Crippen molar-refractivity contribution in [2.75, 3.05) is 0 Å². The summed E-state index contributed by atoms with van der Waals surface area (Å²) in [6, 6.07) is 9.92. The lowest BCUT2D eigenvalue weighted by atomic mass is 9.91. The number of carboxylic acid groups (broad SMARTS) is 1. The van der Waals surface area contributed by atoms with E-state index in [0.29, 0.717) is 0 Å². The molecule has 3 heteroatoms. The molecule has 1 aromatic carbocycles. The molecule has 1 aromatic heterocycles. The van der Waals surface area contributed by atoms with Crippen LogP contribution in [0.4, 0.5) is 0 Å². The lowest BCUT2D eigenvalue weighted by Gasteiger charge is -2.16. The van der Waals surface area contributed by atoms with Crippen molar-refractivity contribution in [3.63, 3.8) is 0 Å². The maximum Gasteiger partial charge on any atom is 0.314 e. The summed E-state index contributed by atoms with van der Waals surface area (Å²) in [4.78, 5) is 12.0. The Kier molecular flexibility index (Phi) is 2.27. The van der Waals surface area contributed by atoms with Crippen molar-refractivity contribution in [3.05, 3.63) is 35.2 Å². The summed E-state index contributed by atoms with van der Waals surface area (Å²) >= 11 is 1.55. The first-order chi connectivity index (χ1) is 7.01. The topological polar surface area (TPSA) is 37.3 Å². The molecule has 15 heavy (non-hydrogen) atoms. The van der Waals surface area contributed by atoms with Gasteiger partial charge in [-0.15, -0.1) is 11.3 Å². The zero-order valence-corrected chi connectivity index (χ0v) is 9.47. The maximum absolute atomic E-state index is 11.1. The second-order valence-electron chi connectivity index (χ2n) is 4.08. The van der Waals surface area contributed by atoms with E-state index in [1.807, 2.05) is 30.3 Å². The van der Waals surface area contributed by atoms with Gasteiger partial charge in [-0.3, -0.25) is 4.79 Å². The summed E-state index contributed by atoms with van der Waals surface area (Å²) < 4.78 is 1.14. The summed E-state index contributed by atoms with van der Waals surface area (Å²) in [5.74, 6) is -0.783. The predicted molar refractivity (Wildman–Crippen MR) is 62.5 cm³/mol. The van der Waals surface area contributed by atoms with Crippen LogP contribution in [-0.2, 0) is 10.2 Å². The van der Waals surface area contributed by atoms with E-state index in [2.05, 4.69) is 0 Å². The monoisotopic (exact) mass is 220 g/mol. The molecule has 0 saturated carbocycles. The van der Waals surface area contributed by atoms with Gasteiger partial charge >= 0.3 is 5.97 Å². The van der Waals surface area contributed by atoms with Gasteiger partial charge in [0.1, 0.15) is 0 Å². The third kappa shape index (κ3) is 1.63. The Morgan fingerprint density at radius 3 is 2.60 bits per heavy atom. The van der Waals surface area contributed by atoms with E-state index in [0.717, 1.165) is 15.0 Å². The normalized spacial score (nSPS) is 11.9. The number of carboxylic acids is 1. The molecule has 0 atom stereocenters. The van der Waals surface area contributed by atoms with Crippen molar-refractivity contribution in [3.8, 4) is 0 Å². The minimum Gasteiger partial charge on any atom is -0.481 e. The van der Waals surface area contributed by atoms with Gasteiger partial charge in [0, 0.05) is 9.58 Å². The zero-order chi connectivity index (χ0) is 11.1. The van der Waals surface area contributed by atoms with E-state index < -0.39 is 11.4 Å². The van der Waals surface area contributed by atoms with Gasteiger partial charge in [0.15, 0.2) is 0 Å². The van der Waals surface area contributed by atoms with E-state index >= 15 is 0 Å². The van der Waals surface area contributed by atoms with Crippen LogP contribution in [0.5, 0.6) is 0 Å². The molecule has 0 aliphatic carbocycles. The molecule has 78 valence electrons. The van der Waals surface area contributed by atoms with E-state index in [4.69, 9.17) is 5.11 Å². The average Bonchev–Trinajstić information content (AvgIpc) is 2.61. The highest BCUT2D eigenvalue weighted by Crippen LogP contribution is 2.34. The van der Waals surface area contributed by atoms with Crippen molar-refractivity contribution in [2.24, 2.45) is 0 Å². The summed E-state index contributed by atoms with van der Waals surface area (Å²) in [5.41, 5.74) is -0.802. The number of fused-ring (bicyclic) bond motifs is 1. The van der Waals surface area contributed by atoms with Crippen LogP contribution in [0.2, 0.25) is 0 Å². The van der Waals surface area contributed by atoms with Crippen LogP contribution in [0.1, 0.15) is 18.7 Å². The molecule has 2 aromatic rings. The molecule has 0 unspecified atom stereocenters. The van der Waals surface area contributed by atoms with Gasteiger partial charge in [0.05, 0.1) is 5.41 Å². The van der Waals surface area contributed by atoms with Crippen molar-refractivity contribution in [2.45, 2.75) is 19.3 Å². The van der Waals surface area contributed by atoms with Gasteiger partial charge in [0.25, 0.3) is 0 Å². The van der Waals surface area contributed by atoms with Crippen LogP contribution in [0.3, 0.4) is 0 Å². The highest BCUT2D eigenvalue weighted by atomic mass is 32.1. The second-order valence-corrected chi connectivity index (χ2v) is 5.16. The first-order valence-corrected chi connectivity index (χ1v) is 5.56. The summed E-state index contributed by atoms with van der Waals surface area (Å²) in [7, 11) is 0. The van der Waals surface area contributed by atoms with Gasteiger partial charge in [0.2, 0.25) is 0 Å². The SMILES string of the molecule is CC(C)(C(=O)O)c1cc2ccccc2s1. The van der Waals surface area contributed by atoms with Gasteiger partial charge < -0.3 is 5.11 Å². The van der Waals surface area contributed by atoms with Gasteiger partial charge in [-0.1, -0.05) is 18.2 Å². The molecule has 0 radical (unpaired) electrons. The molecule has 0 spiro atoms. The Labute approximate surface area is 92.2 Å². The molecule has 0 aliphatic rings. The Hall–Kier alpha value is -1.35. The van der Waals surface area contributed by atoms with E-state index in [9.17, 15) is 4.79 Å². The summed E-state index contributed by atoms with van der Waals surface area (Å²) in [6.07, 6.45) is 0. The first-order valence-electron chi connectivity index (χ1n) is 4.74. The lowest BCUT2D eigenvalue weighted by molar-refractivity contribution is -0.142. The van der Waals surface area contributed by atoms with Gasteiger partial charge in [-0.25, -0.2) is 0 Å². The van der Waals surface area contributed by atoms with Crippen LogP contribution in [-0.4, -0.2) is 11.1 Å². The van der Waals surface area contributed by atoms with Crippen LogP contribution < -0.4 is 0 Å². The number of aliphatic carboxylic acids is 1. The van der Waals surface area contributed by atoms with Crippen molar-refractivity contribution in [1.29, 1.82) is 0 Å². The molecule has 0 aliphatic heterocycles. The van der Waals surface area contributed by atoms with E-state index in [-0.39, 0.29) is 0 Å². The largest absolute Gasteiger partial charge is 0.481 e. The molecular weight excluding hydrogens is 208 g/mol. The molecule has 0 bridgehead atoms. The molecule has 2 rings (SSSR count). The second kappa shape index (κ2) is 3.35. The Bertz CT molecular complexity index is 478. The van der Waals surface area contributed by atoms with Gasteiger partial charge in [-0.2, -0.15) is 0 Å². The standard InChI is InChI=1S/C12H12O2S/c1-12(2,11(13)14)10-7-8-5-3-4-6-9(8)15-10/h3-7H,1-2H3,(H,13,14). The van der Waals surface area contributed by atoms with Crippen molar-refractivity contribution >= 4 is 27.4 Å². The van der Waals surface area contributed by atoms with E-state index in [1.165, 1.54) is 0 Å². The quantitative estimate of drug-likeness (QED) is 0.843. The number of thiophene rings is 1. The van der Waals surface area contributed by atoms with Crippen LogP contribution in [0.25, 0.3) is 10.1 Å². The molecule has 0 saturated heterocycles.